The maximum absolute atomic E-state index is 13.4. The van der Waals surface area contributed by atoms with Crippen LogP contribution in [0, 0.1) is 69.0 Å². The zero-order valence-corrected chi connectivity index (χ0v) is 13.5. The van der Waals surface area contributed by atoms with E-state index >= 15 is 0 Å². The summed E-state index contributed by atoms with van der Waals surface area (Å²) in [5, 5.41) is 19.1. The van der Waals surface area contributed by atoms with Crippen molar-refractivity contribution in [3.05, 3.63) is 0 Å². The third kappa shape index (κ3) is 1.63. The molecular weight excluding hydrogens is 272 g/mol. The van der Waals surface area contributed by atoms with E-state index in [1.54, 1.807) is 0 Å². The van der Waals surface area contributed by atoms with Crippen LogP contribution in [0.5, 0.6) is 0 Å². The van der Waals surface area contributed by atoms with Gasteiger partial charge in [0, 0.05) is 11.3 Å². The molecule has 5 saturated carbocycles. The van der Waals surface area contributed by atoms with E-state index in [1.807, 2.05) is 13.8 Å². The van der Waals surface area contributed by atoms with Crippen molar-refractivity contribution in [3.8, 4) is 12.1 Å². The van der Waals surface area contributed by atoms with Gasteiger partial charge in [0.05, 0.1) is 18.1 Å². The summed E-state index contributed by atoms with van der Waals surface area (Å²) in [4.78, 5) is 13.4. The number of carbonyl (C=O) groups excluding carboxylic acids is 1. The van der Waals surface area contributed by atoms with Crippen LogP contribution in [0.25, 0.3) is 0 Å². The number of rotatable bonds is 3. The predicted octanol–water partition coefficient (Wildman–Crippen LogP) is 3.71. The van der Waals surface area contributed by atoms with Crippen molar-refractivity contribution in [2.45, 2.75) is 52.4 Å². The maximum atomic E-state index is 13.4. The Morgan fingerprint density at radius 1 is 1.00 bits per heavy atom. The van der Waals surface area contributed by atoms with Crippen molar-refractivity contribution < 1.29 is 4.79 Å². The van der Waals surface area contributed by atoms with Crippen LogP contribution in [-0.2, 0) is 4.79 Å². The Kier molecular flexibility index (Phi) is 2.82. The van der Waals surface area contributed by atoms with Gasteiger partial charge in [-0.15, -0.1) is 0 Å². The van der Waals surface area contributed by atoms with Gasteiger partial charge in [0.1, 0.15) is 5.78 Å². The second kappa shape index (κ2) is 4.35. The summed E-state index contributed by atoms with van der Waals surface area (Å²) >= 11 is 0. The van der Waals surface area contributed by atoms with Gasteiger partial charge in [-0.1, -0.05) is 13.8 Å². The number of Topliss-reactive ketones (excluding diaryl/α,β-unsaturated/α-hetero) is 1. The lowest BCUT2D eigenvalue weighted by molar-refractivity contribution is -0.146. The zero-order valence-electron chi connectivity index (χ0n) is 13.5. The molecule has 2 atom stereocenters. The predicted molar refractivity (Wildman–Crippen MR) is 81.1 cm³/mol. The first-order valence-electron chi connectivity index (χ1n) is 8.82. The van der Waals surface area contributed by atoms with E-state index in [0.717, 1.165) is 37.0 Å². The summed E-state index contributed by atoms with van der Waals surface area (Å²) in [6, 6.07) is 4.43. The van der Waals surface area contributed by atoms with Crippen LogP contribution in [0.1, 0.15) is 52.4 Å². The third-order valence-corrected chi connectivity index (χ3v) is 7.20. The van der Waals surface area contributed by atoms with Gasteiger partial charge in [-0.25, -0.2) is 0 Å². The largest absolute Gasteiger partial charge is 0.299 e. The summed E-state index contributed by atoms with van der Waals surface area (Å²) in [5.74, 6) is 2.32. The molecule has 0 unspecified atom stereocenters. The van der Waals surface area contributed by atoms with Gasteiger partial charge >= 0.3 is 0 Å². The zero-order chi connectivity index (χ0) is 15.7. The molecule has 5 rings (SSSR count). The molecule has 0 radical (unpaired) electrons. The monoisotopic (exact) mass is 296 g/mol. The minimum atomic E-state index is -1.03. The molecule has 0 N–H and O–H groups in total. The molecule has 5 aliphatic carbocycles. The molecule has 0 amide bonds. The Labute approximate surface area is 132 Å². The van der Waals surface area contributed by atoms with Gasteiger partial charge in [0.15, 0.2) is 5.41 Å². The first-order valence-corrected chi connectivity index (χ1v) is 8.82. The van der Waals surface area contributed by atoms with E-state index in [-0.39, 0.29) is 29.0 Å². The lowest BCUT2D eigenvalue weighted by Crippen LogP contribution is -2.51. The molecule has 4 bridgehead atoms. The van der Waals surface area contributed by atoms with Crippen LogP contribution < -0.4 is 0 Å². The normalized spacial score (nSPS) is 47.0. The summed E-state index contributed by atoms with van der Waals surface area (Å²) in [7, 11) is 0. The first kappa shape index (κ1) is 14.3. The summed E-state index contributed by atoms with van der Waals surface area (Å²) in [5.41, 5.74) is -1.21. The highest BCUT2D eigenvalue weighted by Gasteiger charge is 2.73. The van der Waals surface area contributed by atoms with Crippen LogP contribution in [0.15, 0.2) is 0 Å². The number of carbonyl (C=O) groups is 1. The second-order valence-electron chi connectivity index (χ2n) is 8.90. The van der Waals surface area contributed by atoms with Crippen molar-refractivity contribution in [1.82, 2.24) is 0 Å². The summed E-state index contributed by atoms with van der Waals surface area (Å²) in [6.07, 6.45) is 7.04. The molecule has 22 heavy (non-hydrogen) atoms. The summed E-state index contributed by atoms with van der Waals surface area (Å²) in [6.45, 7) is 4.09. The van der Waals surface area contributed by atoms with Crippen molar-refractivity contribution in [2.75, 3.05) is 0 Å². The molecule has 0 saturated heterocycles. The molecule has 5 aliphatic rings. The van der Waals surface area contributed by atoms with Gasteiger partial charge in [-0.05, 0) is 62.2 Å². The highest BCUT2D eigenvalue weighted by Crippen LogP contribution is 2.68. The van der Waals surface area contributed by atoms with E-state index in [2.05, 4.69) is 12.1 Å². The van der Waals surface area contributed by atoms with Crippen LogP contribution in [0.2, 0.25) is 0 Å². The van der Waals surface area contributed by atoms with Gasteiger partial charge in [0.2, 0.25) is 0 Å². The van der Waals surface area contributed by atoms with Crippen molar-refractivity contribution >= 4 is 5.78 Å². The minimum absolute atomic E-state index is 0.0528. The van der Waals surface area contributed by atoms with Gasteiger partial charge in [-0.2, -0.15) is 10.5 Å². The number of hydrogen-bond donors (Lipinski definition) is 0. The van der Waals surface area contributed by atoms with E-state index in [0.29, 0.717) is 0 Å². The molecule has 0 aromatic carbocycles. The second-order valence-corrected chi connectivity index (χ2v) is 8.90. The van der Waals surface area contributed by atoms with E-state index in [4.69, 9.17) is 0 Å². The third-order valence-electron chi connectivity index (χ3n) is 7.20. The number of nitrogens with zero attached hydrogens (tertiary/aromatic N) is 2. The van der Waals surface area contributed by atoms with Crippen molar-refractivity contribution in [1.29, 1.82) is 10.5 Å². The van der Waals surface area contributed by atoms with Gasteiger partial charge in [0.25, 0.3) is 0 Å². The molecule has 3 nitrogen and oxygen atoms in total. The molecule has 5 fully saturated rings. The Hall–Kier alpha value is -1.35. The molecule has 116 valence electrons. The van der Waals surface area contributed by atoms with Crippen LogP contribution >= 0.6 is 0 Å². The minimum Gasteiger partial charge on any atom is -0.299 e. The highest BCUT2D eigenvalue weighted by atomic mass is 16.1. The van der Waals surface area contributed by atoms with Crippen LogP contribution in [0.4, 0.5) is 0 Å². The highest BCUT2D eigenvalue weighted by molar-refractivity contribution is 5.92. The topological polar surface area (TPSA) is 64.7 Å². The molecule has 0 aromatic heterocycles. The fourth-order valence-corrected chi connectivity index (χ4v) is 6.75. The number of ketones is 1. The molecule has 0 aliphatic heterocycles. The maximum Gasteiger partial charge on any atom is 0.157 e. The lowest BCUT2D eigenvalue weighted by atomic mass is 9.48. The molecule has 0 heterocycles. The van der Waals surface area contributed by atoms with E-state index in [1.165, 1.54) is 19.3 Å². The van der Waals surface area contributed by atoms with E-state index < -0.39 is 5.41 Å². The lowest BCUT2D eigenvalue weighted by Gasteiger charge is -2.56. The van der Waals surface area contributed by atoms with Crippen LogP contribution in [0.3, 0.4) is 0 Å². The summed E-state index contributed by atoms with van der Waals surface area (Å²) < 4.78 is 0. The SMILES string of the molecule is CC(C)[C@@H]1[C@@H](C(=O)C23CC4CC(CC(C4)C2)C3)C1(C#N)C#N. The Morgan fingerprint density at radius 3 is 1.77 bits per heavy atom. The Bertz CT molecular complexity index is 557. The molecule has 0 aromatic rings. The molecule has 3 heteroatoms. The fourth-order valence-electron chi connectivity index (χ4n) is 6.75. The smallest absolute Gasteiger partial charge is 0.157 e. The standard InChI is InChI=1S/C19H24N2O/c1-11(2)15-16(19(15,9-20)10-21)17(22)18-6-12-3-13(7-18)5-14(4-12)8-18/h11-16H,3-8H2,1-2H3/t12?,13?,14?,15-,16+,18?/m1/s1. The van der Waals surface area contributed by atoms with Gasteiger partial charge in [-0.3, -0.25) is 4.79 Å². The molecular formula is C19H24N2O. The number of nitriles is 2. The van der Waals surface area contributed by atoms with E-state index in [9.17, 15) is 15.3 Å². The van der Waals surface area contributed by atoms with Crippen molar-refractivity contribution in [3.63, 3.8) is 0 Å². The Morgan fingerprint density at radius 2 is 1.45 bits per heavy atom. The fraction of sp³-hybridized carbons (Fsp3) is 0.842. The quantitative estimate of drug-likeness (QED) is 0.797. The van der Waals surface area contributed by atoms with Gasteiger partial charge < -0.3 is 0 Å². The average molecular weight is 296 g/mol. The Balaban J connectivity index is 1.66. The first-order chi connectivity index (χ1) is 10.5. The van der Waals surface area contributed by atoms with Crippen molar-refractivity contribution in [2.24, 2.45) is 46.3 Å². The van der Waals surface area contributed by atoms with Crippen LogP contribution in [-0.4, -0.2) is 5.78 Å². The number of hydrogen-bond acceptors (Lipinski definition) is 3. The molecule has 0 spiro atoms. The average Bonchev–Trinajstić information content (AvgIpc) is 3.14.